The van der Waals surface area contributed by atoms with Gasteiger partial charge in [-0.15, -0.1) is 0 Å². The topological polar surface area (TPSA) is 53.7 Å². The molecule has 2 aromatic rings. The Morgan fingerprint density at radius 1 is 1.56 bits per heavy atom. The summed E-state index contributed by atoms with van der Waals surface area (Å²) in [6.07, 6.45) is 1.08. The lowest BCUT2D eigenvalue weighted by molar-refractivity contribution is 0.182. The van der Waals surface area contributed by atoms with Gasteiger partial charge in [0, 0.05) is 19.1 Å². The maximum atomic E-state index is 9.09. The fourth-order valence-electron chi connectivity index (χ4n) is 2.44. The van der Waals surface area contributed by atoms with E-state index in [2.05, 4.69) is 15.6 Å². The van der Waals surface area contributed by atoms with E-state index in [9.17, 15) is 0 Å². The van der Waals surface area contributed by atoms with Crippen LogP contribution in [-0.2, 0) is 11.3 Å². The van der Waals surface area contributed by atoms with Crippen molar-refractivity contribution in [1.29, 1.82) is 5.26 Å². The highest BCUT2D eigenvalue weighted by molar-refractivity contribution is 7.71. The molecule has 1 aromatic heterocycles. The van der Waals surface area contributed by atoms with Crippen LogP contribution in [0.4, 0.5) is 0 Å². The van der Waals surface area contributed by atoms with Crippen LogP contribution in [0.25, 0.3) is 11.0 Å². The first-order valence-electron chi connectivity index (χ1n) is 5.99. The van der Waals surface area contributed by atoms with Gasteiger partial charge in [-0.05, 0) is 30.8 Å². The molecule has 1 aromatic carbocycles. The molecular weight excluding hydrogens is 246 g/mol. The fraction of sp³-hybridized carbons (Fsp3) is 0.385. The SMILES string of the molecule is N#Cc1cccc2c1[nH]c(=S)n2CC1CCOC1. The Balaban J connectivity index is 2.09. The van der Waals surface area contributed by atoms with E-state index in [4.69, 9.17) is 22.2 Å². The summed E-state index contributed by atoms with van der Waals surface area (Å²) >= 11 is 5.35. The molecule has 1 unspecified atom stereocenters. The van der Waals surface area contributed by atoms with Gasteiger partial charge in [-0.25, -0.2) is 0 Å². The lowest BCUT2D eigenvalue weighted by Crippen LogP contribution is -2.10. The number of fused-ring (bicyclic) bond motifs is 1. The van der Waals surface area contributed by atoms with Crippen LogP contribution in [0.5, 0.6) is 0 Å². The monoisotopic (exact) mass is 259 g/mol. The molecule has 92 valence electrons. The molecule has 1 atom stereocenters. The summed E-state index contributed by atoms with van der Waals surface area (Å²) < 4.78 is 8.15. The molecule has 1 aliphatic rings. The first-order valence-corrected chi connectivity index (χ1v) is 6.40. The summed E-state index contributed by atoms with van der Waals surface area (Å²) in [6, 6.07) is 7.88. The average Bonchev–Trinajstić information content (AvgIpc) is 2.99. The van der Waals surface area contributed by atoms with Crippen molar-refractivity contribution >= 4 is 23.3 Å². The third-order valence-electron chi connectivity index (χ3n) is 3.40. The maximum Gasteiger partial charge on any atom is 0.178 e. The van der Waals surface area contributed by atoms with Crippen molar-refractivity contribution < 1.29 is 4.74 Å². The predicted octanol–water partition coefficient (Wildman–Crippen LogP) is 2.61. The Hall–Kier alpha value is -1.64. The molecule has 0 spiro atoms. The Morgan fingerprint density at radius 3 is 3.17 bits per heavy atom. The number of H-pyrrole nitrogens is 1. The van der Waals surface area contributed by atoms with Crippen molar-refractivity contribution in [1.82, 2.24) is 9.55 Å². The van der Waals surface area contributed by atoms with E-state index >= 15 is 0 Å². The van der Waals surface area contributed by atoms with Crippen molar-refractivity contribution in [2.24, 2.45) is 5.92 Å². The van der Waals surface area contributed by atoms with E-state index in [1.54, 1.807) is 6.07 Å². The number of ether oxygens (including phenoxy) is 1. The number of aromatic amines is 1. The van der Waals surface area contributed by atoms with Crippen molar-refractivity contribution in [3.8, 4) is 6.07 Å². The highest BCUT2D eigenvalue weighted by Crippen LogP contribution is 2.21. The summed E-state index contributed by atoms with van der Waals surface area (Å²) in [7, 11) is 0. The van der Waals surface area contributed by atoms with Gasteiger partial charge >= 0.3 is 0 Å². The molecule has 4 nitrogen and oxygen atoms in total. The van der Waals surface area contributed by atoms with Crippen LogP contribution in [-0.4, -0.2) is 22.8 Å². The minimum Gasteiger partial charge on any atom is -0.381 e. The van der Waals surface area contributed by atoms with Gasteiger partial charge in [-0.3, -0.25) is 0 Å². The molecular formula is C13H13N3OS. The fourth-order valence-corrected chi connectivity index (χ4v) is 2.72. The van der Waals surface area contributed by atoms with Crippen molar-refractivity contribution in [3.05, 3.63) is 28.5 Å². The molecule has 2 heterocycles. The van der Waals surface area contributed by atoms with Gasteiger partial charge in [0.15, 0.2) is 4.77 Å². The molecule has 0 amide bonds. The number of nitrogens with zero attached hydrogens (tertiary/aromatic N) is 2. The summed E-state index contributed by atoms with van der Waals surface area (Å²) in [4.78, 5) is 3.14. The molecule has 1 fully saturated rings. The Labute approximate surface area is 110 Å². The third kappa shape index (κ3) is 1.84. The van der Waals surface area contributed by atoms with E-state index in [0.717, 1.165) is 37.2 Å². The van der Waals surface area contributed by atoms with Crippen LogP contribution in [0.15, 0.2) is 18.2 Å². The summed E-state index contributed by atoms with van der Waals surface area (Å²) in [5, 5.41) is 9.09. The van der Waals surface area contributed by atoms with E-state index < -0.39 is 0 Å². The number of rotatable bonds is 2. The van der Waals surface area contributed by atoms with Crippen LogP contribution < -0.4 is 0 Å². The minimum absolute atomic E-state index is 0.515. The second-order valence-corrected chi connectivity index (χ2v) is 4.97. The van der Waals surface area contributed by atoms with E-state index in [0.29, 0.717) is 16.3 Å². The molecule has 0 radical (unpaired) electrons. The number of para-hydroxylation sites is 1. The average molecular weight is 259 g/mol. The second-order valence-electron chi connectivity index (χ2n) is 4.58. The number of imidazole rings is 1. The quantitative estimate of drug-likeness (QED) is 0.843. The minimum atomic E-state index is 0.515. The first kappa shape index (κ1) is 11.5. The number of hydrogen-bond donors (Lipinski definition) is 1. The number of aromatic nitrogens is 2. The van der Waals surface area contributed by atoms with Crippen LogP contribution >= 0.6 is 12.2 Å². The number of hydrogen-bond acceptors (Lipinski definition) is 3. The zero-order valence-corrected chi connectivity index (χ0v) is 10.7. The number of nitrogens with one attached hydrogen (secondary N) is 1. The van der Waals surface area contributed by atoms with Gasteiger partial charge in [-0.1, -0.05) is 6.07 Å². The number of nitriles is 1. The summed E-state index contributed by atoms with van der Waals surface area (Å²) in [5.41, 5.74) is 2.48. The zero-order valence-electron chi connectivity index (χ0n) is 9.85. The van der Waals surface area contributed by atoms with Gasteiger partial charge in [0.1, 0.15) is 6.07 Å². The molecule has 5 heteroatoms. The molecule has 0 saturated carbocycles. The third-order valence-corrected chi connectivity index (χ3v) is 3.72. The Morgan fingerprint density at radius 2 is 2.44 bits per heavy atom. The normalized spacial score (nSPS) is 19.2. The molecule has 18 heavy (non-hydrogen) atoms. The maximum absolute atomic E-state index is 9.09. The molecule has 3 rings (SSSR count). The van der Waals surface area contributed by atoms with Crippen LogP contribution in [0, 0.1) is 22.0 Å². The Bertz CT molecular complexity index is 674. The standard InChI is InChI=1S/C13H13N3OS/c14-6-10-2-1-3-11-12(10)15-13(18)16(11)7-9-4-5-17-8-9/h1-3,9H,4-5,7-8H2,(H,15,18). The lowest BCUT2D eigenvalue weighted by Gasteiger charge is -2.09. The van der Waals surface area contributed by atoms with Gasteiger partial charge in [-0.2, -0.15) is 5.26 Å². The highest BCUT2D eigenvalue weighted by Gasteiger charge is 2.18. The predicted molar refractivity (Wildman–Crippen MR) is 70.8 cm³/mol. The largest absolute Gasteiger partial charge is 0.381 e. The molecule has 1 saturated heterocycles. The van der Waals surface area contributed by atoms with E-state index in [1.165, 1.54) is 0 Å². The van der Waals surface area contributed by atoms with E-state index in [-0.39, 0.29) is 0 Å². The van der Waals surface area contributed by atoms with Crippen molar-refractivity contribution in [2.75, 3.05) is 13.2 Å². The van der Waals surface area contributed by atoms with Gasteiger partial charge in [0.05, 0.1) is 23.2 Å². The van der Waals surface area contributed by atoms with Gasteiger partial charge in [0.25, 0.3) is 0 Å². The second kappa shape index (κ2) is 4.56. The van der Waals surface area contributed by atoms with Crippen LogP contribution in [0.2, 0.25) is 0 Å². The molecule has 0 aliphatic carbocycles. The molecule has 0 bridgehead atoms. The molecule has 1 aliphatic heterocycles. The van der Waals surface area contributed by atoms with Crippen LogP contribution in [0.3, 0.4) is 0 Å². The summed E-state index contributed by atoms with van der Waals surface area (Å²) in [5.74, 6) is 0.515. The van der Waals surface area contributed by atoms with Crippen LogP contribution in [0.1, 0.15) is 12.0 Å². The Kier molecular flexibility index (Phi) is 2.90. The van der Waals surface area contributed by atoms with E-state index in [1.807, 2.05) is 12.1 Å². The summed E-state index contributed by atoms with van der Waals surface area (Å²) in [6.45, 7) is 2.49. The zero-order chi connectivity index (χ0) is 12.5. The van der Waals surface area contributed by atoms with Crippen molar-refractivity contribution in [2.45, 2.75) is 13.0 Å². The highest BCUT2D eigenvalue weighted by atomic mass is 32.1. The lowest BCUT2D eigenvalue weighted by atomic mass is 10.1. The number of benzene rings is 1. The first-order chi connectivity index (χ1) is 8.79. The molecule has 1 N–H and O–H groups in total. The smallest absolute Gasteiger partial charge is 0.178 e. The van der Waals surface area contributed by atoms with Crippen molar-refractivity contribution in [3.63, 3.8) is 0 Å². The van der Waals surface area contributed by atoms with Gasteiger partial charge in [0.2, 0.25) is 0 Å². The van der Waals surface area contributed by atoms with Gasteiger partial charge < -0.3 is 14.3 Å².